The van der Waals surface area contributed by atoms with Crippen molar-refractivity contribution in [3.63, 3.8) is 0 Å². The van der Waals surface area contributed by atoms with Crippen LogP contribution in [0.25, 0.3) is 0 Å². The molecule has 24 heavy (non-hydrogen) atoms. The van der Waals surface area contributed by atoms with Crippen LogP contribution in [0.1, 0.15) is 42.6 Å². The number of hydrogen-bond donors (Lipinski definition) is 2. The van der Waals surface area contributed by atoms with E-state index in [1.807, 2.05) is 13.8 Å². The van der Waals surface area contributed by atoms with Crippen molar-refractivity contribution in [1.29, 1.82) is 0 Å². The first-order chi connectivity index (χ1) is 11.6. The SMILES string of the molecule is CCCN(O)c1ccc(C(=O)c2ccc(N(O)CCC)cc2)cc1. The first kappa shape index (κ1) is 18.0. The third kappa shape index (κ3) is 4.34. The van der Waals surface area contributed by atoms with Crippen LogP contribution in [0.2, 0.25) is 0 Å². The molecule has 0 saturated heterocycles. The number of carbonyl (C=O) groups excluding carboxylic acids is 1. The summed E-state index contributed by atoms with van der Waals surface area (Å²) >= 11 is 0. The summed E-state index contributed by atoms with van der Waals surface area (Å²) in [7, 11) is 0. The zero-order valence-corrected chi connectivity index (χ0v) is 14.1. The van der Waals surface area contributed by atoms with E-state index in [9.17, 15) is 15.2 Å². The molecule has 5 nitrogen and oxygen atoms in total. The van der Waals surface area contributed by atoms with Crippen LogP contribution in [0.5, 0.6) is 0 Å². The molecule has 2 aromatic rings. The second kappa shape index (κ2) is 8.47. The number of rotatable bonds is 8. The van der Waals surface area contributed by atoms with Crippen LogP contribution in [-0.2, 0) is 0 Å². The Morgan fingerprint density at radius 1 is 0.750 bits per heavy atom. The molecular formula is C19H24N2O3. The van der Waals surface area contributed by atoms with Crippen LogP contribution < -0.4 is 10.1 Å². The highest BCUT2D eigenvalue weighted by Gasteiger charge is 2.11. The Labute approximate surface area is 142 Å². The molecule has 2 rings (SSSR count). The lowest BCUT2D eigenvalue weighted by Gasteiger charge is -2.16. The number of nitrogens with zero attached hydrogens (tertiary/aromatic N) is 2. The third-order valence-corrected chi connectivity index (χ3v) is 3.73. The van der Waals surface area contributed by atoms with Crippen molar-refractivity contribution >= 4 is 17.2 Å². The average Bonchev–Trinajstić information content (AvgIpc) is 2.62. The van der Waals surface area contributed by atoms with E-state index in [1.54, 1.807) is 48.5 Å². The van der Waals surface area contributed by atoms with Crippen molar-refractivity contribution < 1.29 is 15.2 Å². The summed E-state index contributed by atoms with van der Waals surface area (Å²) in [6, 6.07) is 13.8. The van der Waals surface area contributed by atoms with Crippen LogP contribution in [0.15, 0.2) is 48.5 Å². The number of anilines is 2. The van der Waals surface area contributed by atoms with E-state index in [4.69, 9.17) is 0 Å². The van der Waals surface area contributed by atoms with Crippen molar-refractivity contribution in [3.05, 3.63) is 59.7 Å². The Bertz CT molecular complexity index is 596. The van der Waals surface area contributed by atoms with Crippen molar-refractivity contribution in [2.75, 3.05) is 23.2 Å². The highest BCUT2D eigenvalue weighted by Crippen LogP contribution is 2.19. The highest BCUT2D eigenvalue weighted by atomic mass is 16.5. The number of hydrogen-bond acceptors (Lipinski definition) is 5. The molecule has 0 aliphatic rings. The predicted molar refractivity (Wildman–Crippen MR) is 95.2 cm³/mol. The molecule has 0 bridgehead atoms. The fraction of sp³-hybridized carbons (Fsp3) is 0.316. The Morgan fingerprint density at radius 2 is 1.08 bits per heavy atom. The largest absolute Gasteiger partial charge is 0.289 e. The summed E-state index contributed by atoms with van der Waals surface area (Å²) in [5.41, 5.74) is 2.45. The van der Waals surface area contributed by atoms with Gasteiger partial charge in [-0.2, -0.15) is 0 Å². The quantitative estimate of drug-likeness (QED) is 0.563. The van der Waals surface area contributed by atoms with E-state index in [0.717, 1.165) is 12.8 Å². The predicted octanol–water partition coefficient (Wildman–Crippen LogP) is 4.13. The Hall–Kier alpha value is -2.37. The van der Waals surface area contributed by atoms with Crippen LogP contribution in [0.3, 0.4) is 0 Å². The van der Waals surface area contributed by atoms with Gasteiger partial charge in [-0.15, -0.1) is 0 Å². The van der Waals surface area contributed by atoms with Crippen LogP contribution >= 0.6 is 0 Å². The molecule has 2 N–H and O–H groups in total. The summed E-state index contributed by atoms with van der Waals surface area (Å²) in [6.07, 6.45) is 1.67. The molecule has 0 aliphatic carbocycles. The summed E-state index contributed by atoms with van der Waals surface area (Å²) in [4.78, 5) is 12.5. The van der Waals surface area contributed by atoms with Gasteiger partial charge in [0.05, 0.1) is 11.4 Å². The van der Waals surface area contributed by atoms with E-state index < -0.39 is 0 Å². The van der Waals surface area contributed by atoms with Gasteiger partial charge in [-0.1, -0.05) is 13.8 Å². The first-order valence-electron chi connectivity index (χ1n) is 8.24. The van der Waals surface area contributed by atoms with Crippen LogP contribution in [0.4, 0.5) is 11.4 Å². The maximum atomic E-state index is 12.5. The minimum atomic E-state index is -0.0898. The normalized spacial score (nSPS) is 10.5. The van der Waals surface area contributed by atoms with Gasteiger partial charge in [0, 0.05) is 24.2 Å². The molecule has 0 aliphatic heterocycles. The molecule has 0 amide bonds. The summed E-state index contributed by atoms with van der Waals surface area (Å²) in [5.74, 6) is -0.0898. The number of carbonyl (C=O) groups is 1. The summed E-state index contributed by atoms with van der Waals surface area (Å²) in [6.45, 7) is 5.06. The number of benzene rings is 2. The molecule has 0 aromatic heterocycles. The Balaban J connectivity index is 2.11. The molecule has 2 aromatic carbocycles. The molecule has 0 spiro atoms. The molecule has 0 atom stereocenters. The molecule has 128 valence electrons. The smallest absolute Gasteiger partial charge is 0.193 e. The fourth-order valence-electron chi connectivity index (χ4n) is 2.42. The van der Waals surface area contributed by atoms with Crippen molar-refractivity contribution in [3.8, 4) is 0 Å². The lowest BCUT2D eigenvalue weighted by molar-refractivity contribution is 0.103. The molecule has 0 radical (unpaired) electrons. The van der Waals surface area contributed by atoms with Gasteiger partial charge in [0.25, 0.3) is 0 Å². The van der Waals surface area contributed by atoms with Crippen molar-refractivity contribution in [2.24, 2.45) is 0 Å². The molecule has 0 fully saturated rings. The van der Waals surface area contributed by atoms with Gasteiger partial charge in [0.1, 0.15) is 0 Å². The van der Waals surface area contributed by atoms with Gasteiger partial charge in [-0.05, 0) is 61.4 Å². The van der Waals surface area contributed by atoms with E-state index >= 15 is 0 Å². The Kier molecular flexibility index (Phi) is 6.35. The molecular weight excluding hydrogens is 304 g/mol. The third-order valence-electron chi connectivity index (χ3n) is 3.73. The minimum absolute atomic E-state index is 0.0898. The van der Waals surface area contributed by atoms with Gasteiger partial charge in [0.15, 0.2) is 5.78 Å². The van der Waals surface area contributed by atoms with E-state index in [0.29, 0.717) is 35.6 Å². The lowest BCUT2D eigenvalue weighted by Crippen LogP contribution is -2.19. The van der Waals surface area contributed by atoms with Gasteiger partial charge >= 0.3 is 0 Å². The highest BCUT2D eigenvalue weighted by molar-refractivity contribution is 6.09. The summed E-state index contributed by atoms with van der Waals surface area (Å²) < 4.78 is 0. The van der Waals surface area contributed by atoms with Crippen LogP contribution in [-0.4, -0.2) is 29.3 Å². The van der Waals surface area contributed by atoms with Crippen LogP contribution in [0, 0.1) is 0 Å². The topological polar surface area (TPSA) is 64.0 Å². The summed E-state index contributed by atoms with van der Waals surface area (Å²) in [5, 5.41) is 22.0. The average molecular weight is 328 g/mol. The van der Waals surface area contributed by atoms with E-state index in [1.165, 1.54) is 10.1 Å². The zero-order valence-electron chi connectivity index (χ0n) is 14.1. The lowest BCUT2D eigenvalue weighted by atomic mass is 10.0. The van der Waals surface area contributed by atoms with Gasteiger partial charge in [-0.25, -0.2) is 0 Å². The molecule has 0 saturated carbocycles. The fourth-order valence-corrected chi connectivity index (χ4v) is 2.42. The van der Waals surface area contributed by atoms with Gasteiger partial charge in [0.2, 0.25) is 0 Å². The van der Waals surface area contributed by atoms with Crippen molar-refractivity contribution in [2.45, 2.75) is 26.7 Å². The minimum Gasteiger partial charge on any atom is -0.289 e. The first-order valence-corrected chi connectivity index (χ1v) is 8.24. The maximum absolute atomic E-state index is 12.5. The standard InChI is InChI=1S/C19H24N2O3/c1-3-13-20(23)17-9-5-15(6-10-17)19(22)16-7-11-18(12-8-16)21(24)14-4-2/h5-12,23-24H,3-4,13-14H2,1-2H3. The number of ketones is 1. The number of hydroxylamine groups is 2. The van der Waals surface area contributed by atoms with Gasteiger partial charge < -0.3 is 0 Å². The van der Waals surface area contributed by atoms with Gasteiger partial charge in [-0.3, -0.25) is 25.3 Å². The molecule has 0 heterocycles. The van der Waals surface area contributed by atoms with E-state index in [-0.39, 0.29) is 5.78 Å². The second-order valence-electron chi connectivity index (χ2n) is 5.67. The second-order valence-corrected chi connectivity index (χ2v) is 5.67. The van der Waals surface area contributed by atoms with E-state index in [2.05, 4.69) is 0 Å². The monoisotopic (exact) mass is 328 g/mol. The zero-order chi connectivity index (χ0) is 17.5. The molecule has 0 unspecified atom stereocenters. The molecule has 5 heteroatoms. The van der Waals surface area contributed by atoms with Crippen molar-refractivity contribution in [1.82, 2.24) is 0 Å². The Morgan fingerprint density at radius 3 is 1.38 bits per heavy atom. The maximum Gasteiger partial charge on any atom is 0.193 e.